The van der Waals surface area contributed by atoms with E-state index in [2.05, 4.69) is 15.0 Å². The highest BCUT2D eigenvalue weighted by molar-refractivity contribution is 7.99. The van der Waals surface area contributed by atoms with Gasteiger partial charge in [-0.05, 0) is 31.4 Å². The third-order valence-corrected chi connectivity index (χ3v) is 7.77. The van der Waals surface area contributed by atoms with Gasteiger partial charge in [0.25, 0.3) is 0 Å². The average molecular weight is 444 g/mol. The molecule has 0 bridgehead atoms. The molecule has 1 aliphatic carbocycles. The number of carbonyl (C=O) groups excluding carboxylic acids is 2. The van der Waals surface area contributed by atoms with Gasteiger partial charge in [-0.3, -0.25) is 9.59 Å². The molecular weight excluding hydrogens is 414 g/mol. The van der Waals surface area contributed by atoms with E-state index in [0.717, 1.165) is 32.1 Å². The Balaban J connectivity index is 1.81. The maximum Gasteiger partial charge on any atom is 0.305 e. The number of methoxy groups -OCH3 is 1. The number of thioether (sulfide) groups is 1. The molecule has 0 atom stereocenters. The Labute approximate surface area is 176 Å². The van der Waals surface area contributed by atoms with Crippen LogP contribution in [0, 0.1) is 0 Å². The zero-order valence-electron chi connectivity index (χ0n) is 16.9. The van der Waals surface area contributed by atoms with Crippen molar-refractivity contribution >= 4 is 33.7 Å². The van der Waals surface area contributed by atoms with E-state index >= 15 is 0 Å². The van der Waals surface area contributed by atoms with Crippen LogP contribution >= 0.6 is 11.8 Å². The van der Waals surface area contributed by atoms with Crippen LogP contribution in [0.4, 0.5) is 0 Å². The third kappa shape index (κ3) is 7.27. The molecule has 162 valence electrons. The maximum atomic E-state index is 12.8. The molecule has 0 aromatic carbocycles. The molecule has 29 heavy (non-hydrogen) atoms. The molecule has 0 spiro atoms. The van der Waals surface area contributed by atoms with E-state index in [0.29, 0.717) is 18.0 Å². The van der Waals surface area contributed by atoms with Gasteiger partial charge in [0.15, 0.2) is 0 Å². The van der Waals surface area contributed by atoms with Crippen molar-refractivity contribution in [2.45, 2.75) is 60.9 Å². The van der Waals surface area contributed by atoms with Gasteiger partial charge in [-0.1, -0.05) is 31.0 Å². The van der Waals surface area contributed by atoms with E-state index in [1.54, 1.807) is 13.1 Å². The lowest BCUT2D eigenvalue weighted by Crippen LogP contribution is -2.38. The van der Waals surface area contributed by atoms with Crippen molar-refractivity contribution in [3.05, 3.63) is 18.3 Å². The molecule has 2 rings (SSSR count). The minimum Gasteiger partial charge on any atom is -0.469 e. The highest BCUT2D eigenvalue weighted by atomic mass is 32.2. The molecule has 0 saturated heterocycles. The predicted molar refractivity (Wildman–Crippen MR) is 111 cm³/mol. The molecule has 0 radical (unpaired) electrons. The summed E-state index contributed by atoms with van der Waals surface area (Å²) in [6.45, 7) is 0.395. The second-order valence-electron chi connectivity index (χ2n) is 6.96. The summed E-state index contributed by atoms with van der Waals surface area (Å²) in [6, 6.07) is 3.21. The van der Waals surface area contributed by atoms with Gasteiger partial charge in [0.1, 0.15) is 4.90 Å². The van der Waals surface area contributed by atoms with Crippen LogP contribution in [0.2, 0.25) is 0 Å². The summed E-state index contributed by atoms with van der Waals surface area (Å²) in [6.07, 6.45) is 7.20. The second kappa shape index (κ2) is 11.5. The Bertz CT molecular complexity index is 778. The van der Waals surface area contributed by atoms with Crippen molar-refractivity contribution in [1.82, 2.24) is 14.6 Å². The molecule has 8 nitrogen and oxygen atoms in total. The summed E-state index contributed by atoms with van der Waals surface area (Å²) in [5.41, 5.74) is 0. The van der Waals surface area contributed by atoms with E-state index in [1.807, 2.05) is 0 Å². The van der Waals surface area contributed by atoms with Gasteiger partial charge >= 0.3 is 5.97 Å². The molecular formula is C19H29N3O5S2. The molecule has 1 amide bonds. The molecule has 1 aliphatic rings. The molecule has 1 heterocycles. The fourth-order valence-electron chi connectivity index (χ4n) is 3.16. The highest BCUT2D eigenvalue weighted by Crippen LogP contribution is 2.26. The van der Waals surface area contributed by atoms with Crippen LogP contribution in [0.5, 0.6) is 0 Å². The van der Waals surface area contributed by atoms with Crippen molar-refractivity contribution in [2.75, 3.05) is 26.5 Å². The number of carbonyl (C=O) groups is 2. The number of amides is 1. The summed E-state index contributed by atoms with van der Waals surface area (Å²) < 4.78 is 31.6. The minimum absolute atomic E-state index is 0.0469. The van der Waals surface area contributed by atoms with Crippen LogP contribution < -0.4 is 5.32 Å². The number of sulfonamides is 1. The highest BCUT2D eigenvalue weighted by Gasteiger charge is 2.29. The summed E-state index contributed by atoms with van der Waals surface area (Å²) in [5, 5.41) is 3.30. The van der Waals surface area contributed by atoms with Crippen LogP contribution in [0.3, 0.4) is 0 Å². The molecule has 1 fully saturated rings. The molecule has 1 aromatic heterocycles. The van der Waals surface area contributed by atoms with Crippen LogP contribution in [-0.4, -0.2) is 62.1 Å². The molecule has 0 unspecified atom stereocenters. The summed E-state index contributed by atoms with van der Waals surface area (Å²) >= 11 is 1.23. The molecule has 1 aromatic rings. The largest absolute Gasteiger partial charge is 0.469 e. The topological polar surface area (TPSA) is 106 Å². The predicted octanol–water partition coefficient (Wildman–Crippen LogP) is 2.20. The number of ether oxygens (including phenoxy) is 1. The Morgan fingerprint density at radius 3 is 2.62 bits per heavy atom. The standard InChI is InChI=1S/C19H29N3O5S2/c1-22(15-7-4-3-5-8-15)29(25,26)16-10-11-18(21-13-16)28-14-17(23)20-12-6-9-19(24)27-2/h10-11,13,15H,3-9,12,14H2,1-2H3,(H,20,23). The van der Waals surface area contributed by atoms with Crippen LogP contribution in [-0.2, 0) is 24.3 Å². The van der Waals surface area contributed by atoms with E-state index in [9.17, 15) is 18.0 Å². The van der Waals surface area contributed by atoms with Crippen molar-refractivity contribution in [1.29, 1.82) is 0 Å². The van der Waals surface area contributed by atoms with Crippen molar-refractivity contribution in [3.8, 4) is 0 Å². The Kier molecular flexibility index (Phi) is 9.38. The Morgan fingerprint density at radius 1 is 1.28 bits per heavy atom. The molecule has 0 aliphatic heterocycles. The molecule has 10 heteroatoms. The lowest BCUT2D eigenvalue weighted by atomic mass is 9.96. The summed E-state index contributed by atoms with van der Waals surface area (Å²) in [5.74, 6) is -0.309. The van der Waals surface area contributed by atoms with Gasteiger partial charge in [0, 0.05) is 32.3 Å². The number of hydrogen-bond acceptors (Lipinski definition) is 7. The number of aromatic nitrogens is 1. The third-order valence-electron chi connectivity index (χ3n) is 4.93. The smallest absolute Gasteiger partial charge is 0.305 e. The number of nitrogens with zero attached hydrogens (tertiary/aromatic N) is 2. The van der Waals surface area contributed by atoms with Gasteiger partial charge in [0.05, 0.1) is 17.9 Å². The fourth-order valence-corrected chi connectivity index (χ4v) is 5.20. The monoisotopic (exact) mass is 443 g/mol. The SMILES string of the molecule is COC(=O)CCCNC(=O)CSc1ccc(S(=O)(=O)N(C)C2CCCCC2)cn1. The first-order chi connectivity index (χ1) is 13.8. The number of rotatable bonds is 10. The summed E-state index contributed by atoms with van der Waals surface area (Å²) in [4.78, 5) is 27.2. The lowest BCUT2D eigenvalue weighted by molar-refractivity contribution is -0.140. The van der Waals surface area contributed by atoms with Gasteiger partial charge in [-0.15, -0.1) is 0 Å². The van der Waals surface area contributed by atoms with Gasteiger partial charge in [-0.2, -0.15) is 4.31 Å². The number of nitrogens with one attached hydrogen (secondary N) is 1. The minimum atomic E-state index is -3.57. The van der Waals surface area contributed by atoms with Gasteiger partial charge < -0.3 is 10.1 Å². The zero-order chi connectivity index (χ0) is 21.3. The number of esters is 1. The Hall–Kier alpha value is -1.65. The van der Waals surface area contributed by atoms with Crippen LogP contribution in [0.1, 0.15) is 44.9 Å². The normalized spacial score (nSPS) is 15.3. The fraction of sp³-hybridized carbons (Fsp3) is 0.632. The number of hydrogen-bond donors (Lipinski definition) is 1. The van der Waals surface area contributed by atoms with Crippen molar-refractivity contribution in [2.24, 2.45) is 0 Å². The lowest BCUT2D eigenvalue weighted by Gasteiger charge is -2.30. The molecule has 1 saturated carbocycles. The first-order valence-electron chi connectivity index (χ1n) is 9.75. The maximum absolute atomic E-state index is 12.8. The quantitative estimate of drug-likeness (QED) is 0.336. The van der Waals surface area contributed by atoms with E-state index in [1.165, 1.54) is 35.4 Å². The van der Waals surface area contributed by atoms with Crippen molar-refractivity contribution in [3.63, 3.8) is 0 Å². The van der Waals surface area contributed by atoms with Gasteiger partial charge in [-0.25, -0.2) is 13.4 Å². The second-order valence-corrected chi connectivity index (χ2v) is 9.96. The van der Waals surface area contributed by atoms with E-state index in [-0.39, 0.29) is 35.0 Å². The van der Waals surface area contributed by atoms with Gasteiger partial charge in [0.2, 0.25) is 15.9 Å². The zero-order valence-corrected chi connectivity index (χ0v) is 18.6. The van der Waals surface area contributed by atoms with E-state index < -0.39 is 10.0 Å². The van der Waals surface area contributed by atoms with Crippen molar-refractivity contribution < 1.29 is 22.7 Å². The number of pyridine rings is 1. The Morgan fingerprint density at radius 2 is 2.00 bits per heavy atom. The first kappa shape index (κ1) is 23.6. The van der Waals surface area contributed by atoms with Crippen LogP contribution in [0.25, 0.3) is 0 Å². The van der Waals surface area contributed by atoms with E-state index in [4.69, 9.17) is 0 Å². The molecule has 1 N–H and O–H groups in total. The first-order valence-corrected chi connectivity index (χ1v) is 12.2. The summed E-state index contributed by atoms with van der Waals surface area (Å²) in [7, 11) is -0.600. The average Bonchev–Trinajstić information content (AvgIpc) is 2.75. The van der Waals surface area contributed by atoms with Crippen LogP contribution in [0.15, 0.2) is 28.3 Å².